The summed E-state index contributed by atoms with van der Waals surface area (Å²) in [6.45, 7) is 0. The van der Waals surface area contributed by atoms with Crippen LogP contribution in [0.5, 0.6) is 11.5 Å². The zero-order chi connectivity index (χ0) is 27.6. The molecule has 38 heavy (non-hydrogen) atoms. The Hall–Kier alpha value is -2.83. The third-order valence-electron chi connectivity index (χ3n) is 5.89. The number of hydrogen-bond donors (Lipinski definition) is 0. The molecule has 3 aromatic carbocycles. The van der Waals surface area contributed by atoms with Crippen LogP contribution in [0, 0.1) is 0 Å². The second-order valence-corrected chi connectivity index (χ2v) is 12.1. The summed E-state index contributed by atoms with van der Waals surface area (Å²) >= 11 is 0. The van der Waals surface area contributed by atoms with Crippen LogP contribution in [0.2, 0.25) is 0 Å². The van der Waals surface area contributed by atoms with E-state index in [2.05, 4.69) is 4.74 Å². The molecule has 0 bridgehead atoms. The maximum absolute atomic E-state index is 13.8. The number of alkyl halides is 5. The maximum Gasteiger partial charge on any atom is 0.432 e. The topological polar surface area (TPSA) is 75.7 Å². The zero-order valence-electron chi connectivity index (χ0n) is 19.7. The summed E-state index contributed by atoms with van der Waals surface area (Å²) in [5.74, 6) is 0.0600. The van der Waals surface area contributed by atoms with Gasteiger partial charge in [-0.1, -0.05) is 18.2 Å². The molecular weight excluding hydrogens is 551 g/mol. The van der Waals surface area contributed by atoms with Crippen LogP contribution in [0.15, 0.2) is 93.5 Å². The van der Waals surface area contributed by atoms with Gasteiger partial charge in [-0.25, -0.2) is 8.42 Å². The number of rotatable bonds is 9. The Labute approximate surface area is 219 Å². The van der Waals surface area contributed by atoms with Crippen molar-refractivity contribution in [1.82, 2.24) is 0 Å². The minimum Gasteiger partial charge on any atom is -0.743 e. The summed E-state index contributed by atoms with van der Waals surface area (Å²) in [6, 6.07) is 21.7. The van der Waals surface area contributed by atoms with Gasteiger partial charge in [0.15, 0.2) is 24.8 Å². The van der Waals surface area contributed by atoms with E-state index in [9.17, 15) is 34.9 Å². The molecule has 2 atom stereocenters. The van der Waals surface area contributed by atoms with Gasteiger partial charge >= 0.3 is 11.4 Å². The lowest BCUT2D eigenvalue weighted by Crippen LogP contribution is -2.53. The highest BCUT2D eigenvalue weighted by atomic mass is 32.2. The van der Waals surface area contributed by atoms with Crippen molar-refractivity contribution in [2.45, 2.75) is 64.0 Å². The van der Waals surface area contributed by atoms with Gasteiger partial charge in [0.2, 0.25) is 0 Å². The van der Waals surface area contributed by atoms with Crippen molar-refractivity contribution in [3.8, 4) is 11.5 Å². The fraction of sp³-hybridized carbons (Fsp3) is 0.308. The first-order valence-corrected chi connectivity index (χ1v) is 14.2. The van der Waals surface area contributed by atoms with Crippen molar-refractivity contribution >= 4 is 21.0 Å². The van der Waals surface area contributed by atoms with Gasteiger partial charge < -0.3 is 14.0 Å². The molecule has 0 radical (unpaired) electrons. The Balaban J connectivity index is 1.62. The van der Waals surface area contributed by atoms with E-state index in [1.807, 2.05) is 54.6 Å². The van der Waals surface area contributed by atoms with E-state index >= 15 is 0 Å². The molecule has 3 aromatic rings. The van der Waals surface area contributed by atoms with Crippen LogP contribution in [-0.2, 0) is 21.0 Å². The number of hydrogen-bond acceptors (Lipinski definition) is 5. The van der Waals surface area contributed by atoms with Crippen LogP contribution in [0.4, 0.5) is 22.0 Å². The van der Waals surface area contributed by atoms with E-state index < -0.39 is 44.3 Å². The van der Waals surface area contributed by atoms with E-state index in [1.54, 1.807) is 0 Å². The molecule has 2 unspecified atom stereocenters. The molecule has 0 aliphatic heterocycles. The number of ether oxygens (including phenoxy) is 2. The molecular formula is C26H23F5O5S2. The van der Waals surface area contributed by atoms with E-state index in [0.717, 1.165) is 53.4 Å². The third kappa shape index (κ3) is 6.41. The Bertz CT molecular complexity index is 1310. The van der Waals surface area contributed by atoms with E-state index in [0.29, 0.717) is 4.90 Å². The van der Waals surface area contributed by atoms with Crippen LogP contribution in [0.25, 0.3) is 0 Å². The van der Waals surface area contributed by atoms with Crippen molar-refractivity contribution in [2.75, 3.05) is 0 Å². The first-order valence-electron chi connectivity index (χ1n) is 11.6. The molecule has 0 N–H and O–H groups in total. The molecule has 1 saturated carbocycles. The monoisotopic (exact) mass is 574 g/mol. The molecule has 4 rings (SSSR count). The van der Waals surface area contributed by atoms with Crippen LogP contribution in [0.3, 0.4) is 0 Å². The lowest BCUT2D eigenvalue weighted by atomic mass is 10.3. The highest BCUT2D eigenvalue weighted by Crippen LogP contribution is 2.39. The van der Waals surface area contributed by atoms with Gasteiger partial charge in [0.25, 0.3) is 6.10 Å². The quantitative estimate of drug-likeness (QED) is 0.165. The Morgan fingerprint density at radius 1 is 0.763 bits per heavy atom. The van der Waals surface area contributed by atoms with Gasteiger partial charge in [0.05, 0.1) is 17.0 Å². The predicted molar refractivity (Wildman–Crippen MR) is 129 cm³/mol. The minimum atomic E-state index is -6.65. The van der Waals surface area contributed by atoms with Gasteiger partial charge in [-0.05, 0) is 86.3 Å². The molecule has 5 nitrogen and oxygen atoms in total. The van der Waals surface area contributed by atoms with Gasteiger partial charge in [0, 0.05) is 0 Å². The van der Waals surface area contributed by atoms with E-state index in [1.165, 1.54) is 12.1 Å². The molecule has 0 spiro atoms. The van der Waals surface area contributed by atoms with Crippen molar-refractivity contribution in [2.24, 2.45) is 0 Å². The third-order valence-corrected chi connectivity index (χ3v) is 9.00. The summed E-state index contributed by atoms with van der Waals surface area (Å²) in [4.78, 5) is 2.41. The Morgan fingerprint density at radius 3 is 1.71 bits per heavy atom. The summed E-state index contributed by atoms with van der Waals surface area (Å²) in [6.07, 6.45) is -5.52. The van der Waals surface area contributed by atoms with Gasteiger partial charge in [0.1, 0.15) is 11.5 Å². The predicted octanol–water partition coefficient (Wildman–Crippen LogP) is 6.55. The molecule has 0 aromatic heterocycles. The lowest BCUT2D eigenvalue weighted by molar-refractivity contribution is -0.239. The molecule has 12 heteroatoms. The Morgan fingerprint density at radius 2 is 1.24 bits per heavy atom. The first-order chi connectivity index (χ1) is 17.9. The summed E-state index contributed by atoms with van der Waals surface area (Å²) in [5.41, 5.74) is 0. The SMILES string of the molecule is O=S(=O)([O-])C(F)(F)C(Oc1ccc([S+](c2ccccc2)c2ccc(OC3CCCC3)cc2)cc1)C(F)(F)F. The summed E-state index contributed by atoms with van der Waals surface area (Å²) < 4.78 is 110. The molecule has 1 aliphatic carbocycles. The van der Waals surface area contributed by atoms with Gasteiger partial charge in [-0.15, -0.1) is 0 Å². The van der Waals surface area contributed by atoms with Crippen molar-refractivity contribution in [3.63, 3.8) is 0 Å². The van der Waals surface area contributed by atoms with Gasteiger partial charge in [-0.3, -0.25) is 0 Å². The van der Waals surface area contributed by atoms with E-state index in [4.69, 9.17) is 4.74 Å². The van der Waals surface area contributed by atoms with Crippen molar-refractivity contribution < 1.29 is 44.4 Å². The summed E-state index contributed by atoms with van der Waals surface area (Å²) in [7, 11) is -7.37. The van der Waals surface area contributed by atoms with Crippen molar-refractivity contribution in [1.29, 1.82) is 0 Å². The number of benzene rings is 3. The minimum absolute atomic E-state index is 0.185. The van der Waals surface area contributed by atoms with Crippen molar-refractivity contribution in [3.05, 3.63) is 78.9 Å². The maximum atomic E-state index is 13.8. The highest BCUT2D eigenvalue weighted by molar-refractivity contribution is 7.97. The highest BCUT2D eigenvalue weighted by Gasteiger charge is 2.62. The molecule has 204 valence electrons. The van der Waals surface area contributed by atoms with Gasteiger partial charge in [-0.2, -0.15) is 22.0 Å². The second kappa shape index (κ2) is 11.1. The molecule has 1 fully saturated rings. The van der Waals surface area contributed by atoms with Crippen LogP contribution < -0.4 is 9.47 Å². The average molecular weight is 575 g/mol. The van der Waals surface area contributed by atoms with Crippen LogP contribution in [-0.4, -0.2) is 36.6 Å². The normalized spacial score (nSPS) is 16.7. The standard InChI is InChI=1S/C26H23F5O5S2/c27-25(28,29)24(26(30,31)38(32,33)34)36-20-12-16-23(17-13-20)37(21-8-2-1-3-9-21)22-14-10-19(11-15-22)35-18-6-4-5-7-18/h1-3,8-18,24H,4-7H2. The Kier molecular flexibility index (Phi) is 8.24. The second-order valence-electron chi connectivity index (χ2n) is 8.64. The fourth-order valence-corrected chi connectivity index (χ4v) is 6.57. The zero-order valence-corrected chi connectivity index (χ0v) is 21.4. The largest absolute Gasteiger partial charge is 0.743 e. The smallest absolute Gasteiger partial charge is 0.432 e. The molecule has 0 saturated heterocycles. The first kappa shape index (κ1) is 28.2. The average Bonchev–Trinajstić information content (AvgIpc) is 3.37. The number of halogens is 5. The fourth-order valence-electron chi connectivity index (χ4n) is 4.07. The molecule has 0 heterocycles. The molecule has 1 aliphatic rings. The molecule has 0 amide bonds. The summed E-state index contributed by atoms with van der Waals surface area (Å²) in [5, 5.41) is -5.72. The lowest BCUT2D eigenvalue weighted by Gasteiger charge is -2.30. The van der Waals surface area contributed by atoms with E-state index in [-0.39, 0.29) is 6.10 Å². The van der Waals surface area contributed by atoms with Crippen LogP contribution >= 0.6 is 0 Å². The van der Waals surface area contributed by atoms with Crippen LogP contribution in [0.1, 0.15) is 25.7 Å².